The molecule has 160 valence electrons. The molecule has 0 radical (unpaired) electrons. The molecular weight excluding hydrogens is 380 g/mol. The lowest BCUT2D eigenvalue weighted by Crippen LogP contribution is -2.24. The first-order chi connectivity index (χ1) is 14.3. The van der Waals surface area contributed by atoms with Crippen LogP contribution in [0.5, 0.6) is 11.5 Å². The fourth-order valence-electron chi connectivity index (χ4n) is 2.66. The Balaban J connectivity index is 2.07. The Hall–Kier alpha value is -3.28. The zero-order valence-electron chi connectivity index (χ0n) is 18.3. The van der Waals surface area contributed by atoms with Crippen molar-refractivity contribution in [1.82, 2.24) is 4.90 Å². The van der Waals surface area contributed by atoms with E-state index in [1.54, 1.807) is 25.1 Å². The van der Waals surface area contributed by atoms with E-state index in [4.69, 9.17) is 9.47 Å². The van der Waals surface area contributed by atoms with Crippen LogP contribution >= 0.6 is 0 Å². The van der Waals surface area contributed by atoms with Crippen LogP contribution in [0.4, 0.5) is 5.69 Å². The summed E-state index contributed by atoms with van der Waals surface area (Å²) < 4.78 is 11.2. The second-order valence-electron chi connectivity index (χ2n) is 7.47. The summed E-state index contributed by atoms with van der Waals surface area (Å²) in [6, 6.07) is 13.0. The van der Waals surface area contributed by atoms with Crippen molar-refractivity contribution < 1.29 is 19.1 Å². The average Bonchev–Trinajstić information content (AvgIpc) is 2.72. The molecule has 6 heteroatoms. The summed E-state index contributed by atoms with van der Waals surface area (Å²) in [5, 5.41) is 2.88. The van der Waals surface area contributed by atoms with Gasteiger partial charge in [0.05, 0.1) is 13.7 Å². The van der Waals surface area contributed by atoms with E-state index in [0.717, 1.165) is 11.1 Å². The Labute approximate surface area is 178 Å². The molecule has 6 nitrogen and oxygen atoms in total. The van der Waals surface area contributed by atoms with Gasteiger partial charge in [0.15, 0.2) is 11.5 Å². The lowest BCUT2D eigenvalue weighted by atomic mass is 10.1. The largest absolute Gasteiger partial charge is 0.493 e. The molecule has 0 fully saturated rings. The third-order valence-electron chi connectivity index (χ3n) is 4.41. The Morgan fingerprint density at radius 1 is 1.13 bits per heavy atom. The molecular formula is C24H30N2O4. The fourth-order valence-corrected chi connectivity index (χ4v) is 2.66. The lowest BCUT2D eigenvalue weighted by Gasteiger charge is -2.17. The minimum Gasteiger partial charge on any atom is -0.493 e. The second kappa shape index (κ2) is 11.0. The molecule has 2 rings (SSSR count). The van der Waals surface area contributed by atoms with Crippen molar-refractivity contribution >= 4 is 23.6 Å². The molecule has 0 saturated carbocycles. The smallest absolute Gasteiger partial charge is 0.248 e. The number of hydrogen-bond acceptors (Lipinski definition) is 4. The summed E-state index contributed by atoms with van der Waals surface area (Å²) in [5.74, 6) is 1.42. The van der Waals surface area contributed by atoms with Gasteiger partial charge < -0.3 is 19.7 Å². The maximum absolute atomic E-state index is 12.4. The summed E-state index contributed by atoms with van der Waals surface area (Å²) in [6.45, 7) is 6.70. The number of para-hydroxylation sites is 1. The number of anilines is 1. The highest BCUT2D eigenvalue weighted by atomic mass is 16.5. The van der Waals surface area contributed by atoms with Crippen molar-refractivity contribution in [2.75, 3.05) is 26.1 Å². The van der Waals surface area contributed by atoms with Gasteiger partial charge in [-0.25, -0.2) is 0 Å². The van der Waals surface area contributed by atoms with Crippen LogP contribution in [-0.2, 0) is 16.1 Å². The molecule has 2 aromatic carbocycles. The third-order valence-corrected chi connectivity index (χ3v) is 4.41. The third kappa shape index (κ3) is 6.95. The number of benzene rings is 2. The molecule has 0 unspecified atom stereocenters. The molecule has 0 aromatic heterocycles. The van der Waals surface area contributed by atoms with Crippen molar-refractivity contribution in [3.63, 3.8) is 0 Å². The van der Waals surface area contributed by atoms with E-state index in [-0.39, 0.29) is 11.8 Å². The fraction of sp³-hybridized carbons (Fsp3) is 0.333. The van der Waals surface area contributed by atoms with Crippen LogP contribution in [0.25, 0.3) is 6.08 Å². The summed E-state index contributed by atoms with van der Waals surface area (Å²) in [4.78, 5) is 25.5. The number of amides is 2. The van der Waals surface area contributed by atoms with Gasteiger partial charge in [0.2, 0.25) is 11.8 Å². The normalized spacial score (nSPS) is 10.9. The molecule has 2 amide bonds. The average molecular weight is 411 g/mol. The molecule has 1 N–H and O–H groups in total. The predicted octanol–water partition coefficient (Wildman–Crippen LogP) is 4.36. The van der Waals surface area contributed by atoms with Crippen LogP contribution < -0.4 is 14.8 Å². The first-order valence-corrected chi connectivity index (χ1v) is 9.89. The standard InChI is InChI=1S/C24H30N2O4/c1-17(2)16-30-22-12-10-19(14-23(22)29-5)11-13-24(28)25-21-9-7-6-8-20(21)15-26(4)18(3)27/h6-14,17H,15-16H2,1-5H3,(H,25,28)/b13-11+. The van der Waals surface area contributed by atoms with E-state index in [1.807, 2.05) is 42.5 Å². The predicted molar refractivity (Wildman–Crippen MR) is 120 cm³/mol. The van der Waals surface area contributed by atoms with E-state index >= 15 is 0 Å². The summed E-state index contributed by atoms with van der Waals surface area (Å²) in [5.41, 5.74) is 2.36. The number of rotatable bonds is 9. The second-order valence-corrected chi connectivity index (χ2v) is 7.47. The molecule has 0 spiro atoms. The molecule has 0 atom stereocenters. The van der Waals surface area contributed by atoms with Gasteiger partial charge in [-0.2, -0.15) is 0 Å². The zero-order chi connectivity index (χ0) is 22.1. The van der Waals surface area contributed by atoms with Gasteiger partial charge in [-0.15, -0.1) is 0 Å². The SMILES string of the molecule is COc1cc(/C=C/C(=O)Nc2ccccc2CN(C)C(C)=O)ccc1OCC(C)C. The Morgan fingerprint density at radius 3 is 2.53 bits per heavy atom. The lowest BCUT2D eigenvalue weighted by molar-refractivity contribution is -0.128. The number of carbonyl (C=O) groups is 2. The number of carbonyl (C=O) groups excluding carboxylic acids is 2. The van der Waals surface area contributed by atoms with Crippen molar-refractivity contribution in [2.45, 2.75) is 27.3 Å². The Bertz CT molecular complexity index is 906. The van der Waals surface area contributed by atoms with Crippen molar-refractivity contribution in [3.05, 3.63) is 59.7 Å². The number of methoxy groups -OCH3 is 1. The Morgan fingerprint density at radius 2 is 1.87 bits per heavy atom. The monoisotopic (exact) mass is 410 g/mol. The quantitative estimate of drug-likeness (QED) is 0.624. The highest BCUT2D eigenvalue weighted by Gasteiger charge is 2.09. The van der Waals surface area contributed by atoms with Gasteiger partial charge in [0.25, 0.3) is 0 Å². The van der Waals surface area contributed by atoms with Gasteiger partial charge in [-0.05, 0) is 41.3 Å². The summed E-state index contributed by atoms with van der Waals surface area (Å²) >= 11 is 0. The number of hydrogen-bond donors (Lipinski definition) is 1. The first-order valence-electron chi connectivity index (χ1n) is 9.89. The number of nitrogens with one attached hydrogen (secondary N) is 1. The molecule has 30 heavy (non-hydrogen) atoms. The molecule has 2 aromatic rings. The molecule has 0 aliphatic heterocycles. The van der Waals surface area contributed by atoms with Gasteiger partial charge in [-0.3, -0.25) is 9.59 Å². The molecule has 0 saturated heterocycles. The van der Waals surface area contributed by atoms with Gasteiger partial charge >= 0.3 is 0 Å². The van der Waals surface area contributed by atoms with Crippen LogP contribution in [0.2, 0.25) is 0 Å². The van der Waals surface area contributed by atoms with Gasteiger partial charge in [0.1, 0.15) is 0 Å². The van der Waals surface area contributed by atoms with E-state index in [2.05, 4.69) is 19.2 Å². The Kier molecular flexibility index (Phi) is 8.47. The minimum absolute atomic E-state index is 0.0363. The van der Waals surface area contributed by atoms with E-state index in [0.29, 0.717) is 36.3 Å². The highest BCUT2D eigenvalue weighted by Crippen LogP contribution is 2.29. The van der Waals surface area contributed by atoms with Gasteiger partial charge in [-0.1, -0.05) is 38.1 Å². The number of nitrogens with zero attached hydrogens (tertiary/aromatic N) is 1. The molecule has 0 bridgehead atoms. The van der Waals surface area contributed by atoms with Gasteiger partial charge in [0, 0.05) is 32.3 Å². The molecule has 0 aliphatic carbocycles. The summed E-state index contributed by atoms with van der Waals surface area (Å²) in [7, 11) is 3.32. The summed E-state index contributed by atoms with van der Waals surface area (Å²) in [6.07, 6.45) is 3.18. The topological polar surface area (TPSA) is 67.9 Å². The van der Waals surface area contributed by atoms with Crippen LogP contribution in [0.15, 0.2) is 48.5 Å². The van der Waals surface area contributed by atoms with E-state index < -0.39 is 0 Å². The van der Waals surface area contributed by atoms with E-state index in [1.165, 1.54) is 13.0 Å². The van der Waals surface area contributed by atoms with Crippen LogP contribution in [0, 0.1) is 5.92 Å². The zero-order valence-corrected chi connectivity index (χ0v) is 18.3. The highest BCUT2D eigenvalue weighted by molar-refractivity contribution is 6.02. The maximum atomic E-state index is 12.4. The van der Waals surface area contributed by atoms with Crippen molar-refractivity contribution in [2.24, 2.45) is 5.92 Å². The van der Waals surface area contributed by atoms with Crippen molar-refractivity contribution in [3.8, 4) is 11.5 Å². The number of ether oxygens (including phenoxy) is 2. The molecule has 0 heterocycles. The minimum atomic E-state index is -0.257. The van der Waals surface area contributed by atoms with Crippen LogP contribution in [-0.4, -0.2) is 37.5 Å². The van der Waals surface area contributed by atoms with Crippen LogP contribution in [0.1, 0.15) is 31.9 Å². The first kappa shape index (κ1) is 23.0. The maximum Gasteiger partial charge on any atom is 0.248 e. The molecule has 0 aliphatic rings. The van der Waals surface area contributed by atoms with Crippen molar-refractivity contribution in [1.29, 1.82) is 0 Å². The van der Waals surface area contributed by atoms with E-state index in [9.17, 15) is 9.59 Å². The van der Waals surface area contributed by atoms with Crippen LogP contribution in [0.3, 0.4) is 0 Å².